The van der Waals surface area contributed by atoms with Crippen molar-refractivity contribution >= 4 is 23.4 Å². The van der Waals surface area contributed by atoms with Gasteiger partial charge in [-0.1, -0.05) is 36.4 Å². The summed E-state index contributed by atoms with van der Waals surface area (Å²) in [4.78, 5) is 22.1. The highest BCUT2D eigenvalue weighted by Gasteiger charge is 2.32. The molecule has 1 aliphatic heterocycles. The zero-order valence-electron chi connectivity index (χ0n) is 19.1. The van der Waals surface area contributed by atoms with Crippen molar-refractivity contribution in [3.8, 4) is 16.9 Å². The van der Waals surface area contributed by atoms with E-state index in [4.69, 9.17) is 10.2 Å². The summed E-state index contributed by atoms with van der Waals surface area (Å²) in [6, 6.07) is 26.8. The van der Waals surface area contributed by atoms with Crippen LogP contribution in [-0.2, 0) is 4.79 Å². The van der Waals surface area contributed by atoms with E-state index in [1.165, 1.54) is 5.01 Å². The van der Waals surface area contributed by atoms with Crippen LogP contribution < -0.4 is 5.01 Å². The summed E-state index contributed by atoms with van der Waals surface area (Å²) in [5.74, 6) is -0.215. The van der Waals surface area contributed by atoms with Gasteiger partial charge in [0.15, 0.2) is 0 Å². The van der Waals surface area contributed by atoms with Crippen molar-refractivity contribution in [3.63, 3.8) is 0 Å². The Hall–Kier alpha value is -5.17. The Labute approximate surface area is 207 Å². The van der Waals surface area contributed by atoms with Crippen LogP contribution in [-0.4, -0.2) is 31.4 Å². The number of para-hydroxylation sites is 2. The molecule has 2 aromatic carbocycles. The molecule has 0 fully saturated rings. The monoisotopic (exact) mass is 468 g/mol. The molecule has 0 radical (unpaired) electrons. The number of amides is 1. The molecule has 0 saturated heterocycles. The molecule has 6 rings (SSSR count). The molecule has 7 nitrogen and oxygen atoms in total. The molecular formula is C29H20N6O. The first kappa shape index (κ1) is 21.4. The fourth-order valence-electron chi connectivity index (χ4n) is 4.10. The van der Waals surface area contributed by atoms with Crippen molar-refractivity contribution in [2.75, 3.05) is 5.01 Å². The Balaban J connectivity index is 1.52. The lowest BCUT2D eigenvalue weighted by atomic mass is 10.0. The highest BCUT2D eigenvalue weighted by molar-refractivity contribution is 6.37. The number of carbonyl (C=O) groups excluding carboxylic acids is 1. The molecule has 0 saturated carbocycles. The minimum atomic E-state index is -0.215. The Morgan fingerprint density at radius 3 is 2.11 bits per heavy atom. The Bertz CT molecular complexity index is 1580. The van der Waals surface area contributed by atoms with Gasteiger partial charge in [-0.05, 0) is 54.6 Å². The summed E-state index contributed by atoms with van der Waals surface area (Å²) in [5.41, 5.74) is 5.84. The summed E-state index contributed by atoms with van der Waals surface area (Å²) in [5, 5.41) is 11.0. The lowest BCUT2D eigenvalue weighted by molar-refractivity contribution is -0.114. The molecule has 36 heavy (non-hydrogen) atoms. The molecule has 0 bridgehead atoms. The molecule has 0 spiro atoms. The van der Waals surface area contributed by atoms with Crippen LogP contribution >= 0.6 is 0 Å². The number of anilines is 1. The maximum atomic E-state index is 13.7. The van der Waals surface area contributed by atoms with Crippen LogP contribution in [0, 0.1) is 0 Å². The summed E-state index contributed by atoms with van der Waals surface area (Å²) < 4.78 is 1.82. The maximum absolute atomic E-state index is 13.7. The first-order chi connectivity index (χ1) is 17.8. The Kier molecular flexibility index (Phi) is 5.48. The number of hydrogen-bond acceptors (Lipinski definition) is 5. The number of hydrazone groups is 1. The minimum Gasteiger partial charge on any atom is -0.267 e. The van der Waals surface area contributed by atoms with Gasteiger partial charge in [-0.25, -0.2) is 4.68 Å². The van der Waals surface area contributed by atoms with E-state index in [0.717, 1.165) is 28.1 Å². The van der Waals surface area contributed by atoms with Gasteiger partial charge in [0, 0.05) is 47.7 Å². The van der Waals surface area contributed by atoms with E-state index >= 15 is 0 Å². The van der Waals surface area contributed by atoms with E-state index in [0.29, 0.717) is 17.0 Å². The second kappa shape index (κ2) is 9.23. The smallest absolute Gasteiger partial charge is 0.267 e. The van der Waals surface area contributed by atoms with E-state index in [9.17, 15) is 4.79 Å². The number of carbonyl (C=O) groups is 1. The maximum Gasteiger partial charge on any atom is 0.281 e. The molecule has 0 aliphatic carbocycles. The van der Waals surface area contributed by atoms with Crippen molar-refractivity contribution < 1.29 is 4.79 Å². The number of aromatic nitrogens is 4. The van der Waals surface area contributed by atoms with Crippen LogP contribution in [0.3, 0.4) is 0 Å². The molecular weight excluding hydrogens is 448 g/mol. The Morgan fingerprint density at radius 2 is 1.42 bits per heavy atom. The number of benzene rings is 2. The summed E-state index contributed by atoms with van der Waals surface area (Å²) in [6.45, 7) is 0. The Morgan fingerprint density at radius 1 is 0.694 bits per heavy atom. The van der Waals surface area contributed by atoms with Gasteiger partial charge >= 0.3 is 0 Å². The molecule has 3 aromatic heterocycles. The first-order valence-electron chi connectivity index (χ1n) is 11.4. The van der Waals surface area contributed by atoms with Crippen molar-refractivity contribution in [2.24, 2.45) is 5.10 Å². The summed E-state index contributed by atoms with van der Waals surface area (Å²) in [7, 11) is 0. The summed E-state index contributed by atoms with van der Waals surface area (Å²) >= 11 is 0. The van der Waals surface area contributed by atoms with E-state index in [1.54, 1.807) is 24.8 Å². The molecule has 1 aliphatic rings. The molecule has 0 atom stereocenters. The number of hydrogen-bond donors (Lipinski definition) is 0. The van der Waals surface area contributed by atoms with Gasteiger partial charge in [-0.15, -0.1) is 0 Å². The van der Waals surface area contributed by atoms with Gasteiger partial charge in [0.2, 0.25) is 0 Å². The van der Waals surface area contributed by atoms with Gasteiger partial charge in [0.1, 0.15) is 11.4 Å². The molecule has 0 unspecified atom stereocenters. The topological polar surface area (TPSA) is 76.3 Å². The van der Waals surface area contributed by atoms with E-state index < -0.39 is 0 Å². The average Bonchev–Trinajstić information content (AvgIpc) is 3.52. The van der Waals surface area contributed by atoms with Crippen molar-refractivity contribution in [3.05, 3.63) is 133 Å². The van der Waals surface area contributed by atoms with Gasteiger partial charge in [0.25, 0.3) is 5.91 Å². The molecule has 7 heteroatoms. The van der Waals surface area contributed by atoms with Crippen molar-refractivity contribution in [2.45, 2.75) is 0 Å². The molecule has 172 valence electrons. The SMILES string of the molecule is O=C1C(=Cc2cn(-c3ccccc3)nc2-c2ccncc2)C(c2cccnc2)=NN1c1ccccc1. The second-order valence-electron chi connectivity index (χ2n) is 8.15. The van der Waals surface area contributed by atoms with Crippen LogP contribution in [0.5, 0.6) is 0 Å². The van der Waals surface area contributed by atoms with Crippen LogP contribution in [0.1, 0.15) is 11.1 Å². The fourth-order valence-corrected chi connectivity index (χ4v) is 4.10. The second-order valence-corrected chi connectivity index (χ2v) is 8.15. The summed E-state index contributed by atoms with van der Waals surface area (Å²) in [6.07, 6.45) is 10.7. The minimum absolute atomic E-state index is 0.215. The van der Waals surface area contributed by atoms with Crippen LogP contribution in [0.15, 0.2) is 127 Å². The predicted octanol–water partition coefficient (Wildman–Crippen LogP) is 5.16. The van der Waals surface area contributed by atoms with Crippen molar-refractivity contribution in [1.82, 2.24) is 19.7 Å². The molecule has 0 N–H and O–H groups in total. The van der Waals surface area contributed by atoms with Gasteiger partial charge in [0.05, 0.1) is 16.9 Å². The first-order valence-corrected chi connectivity index (χ1v) is 11.4. The van der Waals surface area contributed by atoms with E-state index in [1.807, 2.05) is 102 Å². The molecule has 1 amide bonds. The predicted molar refractivity (Wildman–Crippen MR) is 139 cm³/mol. The van der Waals surface area contributed by atoms with Crippen molar-refractivity contribution in [1.29, 1.82) is 0 Å². The quantitative estimate of drug-likeness (QED) is 0.334. The number of rotatable bonds is 5. The van der Waals surface area contributed by atoms with Gasteiger partial charge in [-0.2, -0.15) is 15.2 Å². The largest absolute Gasteiger partial charge is 0.281 e. The van der Waals surface area contributed by atoms with Crippen LogP contribution in [0.4, 0.5) is 5.69 Å². The third-order valence-corrected chi connectivity index (χ3v) is 5.83. The third kappa shape index (κ3) is 3.99. The van der Waals surface area contributed by atoms with Crippen LogP contribution in [0.25, 0.3) is 23.0 Å². The number of pyridine rings is 2. The third-order valence-electron chi connectivity index (χ3n) is 5.83. The van der Waals surface area contributed by atoms with Gasteiger partial charge in [-0.3, -0.25) is 14.8 Å². The standard InChI is InChI=1S/C29H20N6O/c36-29-26(28(22-8-7-15-31-19-22)33-35(29)25-11-5-2-6-12-25)18-23-20-34(24-9-3-1-4-10-24)32-27(23)21-13-16-30-17-14-21/h1-20H. The van der Waals surface area contributed by atoms with E-state index in [2.05, 4.69) is 9.97 Å². The zero-order valence-corrected chi connectivity index (χ0v) is 19.1. The van der Waals surface area contributed by atoms with Crippen LogP contribution in [0.2, 0.25) is 0 Å². The fraction of sp³-hybridized carbons (Fsp3) is 0. The van der Waals surface area contributed by atoms with E-state index in [-0.39, 0.29) is 5.91 Å². The molecule has 4 heterocycles. The highest BCUT2D eigenvalue weighted by atomic mass is 16.2. The number of nitrogens with zero attached hydrogens (tertiary/aromatic N) is 6. The lowest BCUT2D eigenvalue weighted by Gasteiger charge is -2.10. The highest BCUT2D eigenvalue weighted by Crippen LogP contribution is 2.30. The zero-order chi connectivity index (χ0) is 24.3. The lowest BCUT2D eigenvalue weighted by Crippen LogP contribution is -2.21. The normalized spacial score (nSPS) is 14.3. The average molecular weight is 469 g/mol. The molecule has 5 aromatic rings. The van der Waals surface area contributed by atoms with Gasteiger partial charge < -0.3 is 0 Å².